The van der Waals surface area contributed by atoms with Crippen LogP contribution in [0, 0.1) is 12.7 Å². The molecule has 3 nitrogen and oxygen atoms in total. The summed E-state index contributed by atoms with van der Waals surface area (Å²) in [7, 11) is 0. The van der Waals surface area contributed by atoms with E-state index in [9.17, 15) is 4.39 Å². The van der Waals surface area contributed by atoms with Crippen molar-refractivity contribution in [3.63, 3.8) is 0 Å². The van der Waals surface area contributed by atoms with Gasteiger partial charge in [-0.2, -0.15) is 0 Å². The van der Waals surface area contributed by atoms with Crippen molar-refractivity contribution < 1.29 is 4.39 Å². The van der Waals surface area contributed by atoms with Gasteiger partial charge < -0.3 is 4.40 Å². The van der Waals surface area contributed by atoms with Crippen LogP contribution in [-0.2, 0) is 0 Å². The van der Waals surface area contributed by atoms with E-state index in [1.54, 1.807) is 18.5 Å². The van der Waals surface area contributed by atoms with Gasteiger partial charge in [0.2, 0.25) is 0 Å². The average Bonchev–Trinajstić information content (AvgIpc) is 3.03. The van der Waals surface area contributed by atoms with Crippen molar-refractivity contribution in [1.29, 1.82) is 0 Å². The van der Waals surface area contributed by atoms with Crippen LogP contribution in [0.4, 0.5) is 4.39 Å². The van der Waals surface area contributed by atoms with Crippen molar-refractivity contribution in [2.45, 2.75) is 6.92 Å². The number of benzene rings is 1. The fraction of sp³-hybridized carbons (Fsp3) is 0.0526. The number of imidazole rings is 1. The lowest BCUT2D eigenvalue weighted by atomic mass is 9.97. The van der Waals surface area contributed by atoms with E-state index >= 15 is 0 Å². The third-order valence-corrected chi connectivity index (χ3v) is 4.25. The minimum atomic E-state index is -0.347. The SMILES string of the molecule is Cc1cc2nccn2cc1-c1cccnc1-c1cc(Cl)ccc1F. The standard InChI is InChI=1S/C19H13ClFN3/c1-12-9-18-22-7-8-24(18)11-16(12)14-3-2-6-23-19(14)15-10-13(20)4-5-17(15)21/h2-11H,1H3. The molecule has 118 valence electrons. The van der Waals surface area contributed by atoms with Crippen LogP contribution in [0.15, 0.2) is 61.2 Å². The third-order valence-electron chi connectivity index (χ3n) is 4.02. The van der Waals surface area contributed by atoms with Gasteiger partial charge in [0.05, 0.1) is 5.69 Å². The Morgan fingerprint density at radius 2 is 1.88 bits per heavy atom. The van der Waals surface area contributed by atoms with Gasteiger partial charge in [-0.3, -0.25) is 4.98 Å². The van der Waals surface area contributed by atoms with Gasteiger partial charge in [-0.25, -0.2) is 9.37 Å². The molecule has 3 aromatic heterocycles. The van der Waals surface area contributed by atoms with Crippen molar-refractivity contribution in [2.24, 2.45) is 0 Å². The monoisotopic (exact) mass is 337 g/mol. The predicted octanol–water partition coefficient (Wildman–Crippen LogP) is 5.16. The molecule has 0 spiro atoms. The molecule has 0 saturated heterocycles. The van der Waals surface area contributed by atoms with Gasteiger partial charge in [-0.1, -0.05) is 17.7 Å². The lowest BCUT2D eigenvalue weighted by Gasteiger charge is -2.13. The number of pyridine rings is 2. The number of nitrogens with zero attached hydrogens (tertiary/aromatic N) is 3. The van der Waals surface area contributed by atoms with Gasteiger partial charge in [0.15, 0.2) is 0 Å². The zero-order valence-electron chi connectivity index (χ0n) is 12.9. The second-order valence-corrected chi connectivity index (χ2v) is 6.02. The van der Waals surface area contributed by atoms with Crippen molar-refractivity contribution in [3.8, 4) is 22.4 Å². The molecule has 0 aliphatic heterocycles. The van der Waals surface area contributed by atoms with Gasteiger partial charge in [-0.05, 0) is 42.8 Å². The van der Waals surface area contributed by atoms with E-state index in [1.807, 2.05) is 41.9 Å². The summed E-state index contributed by atoms with van der Waals surface area (Å²) in [6.45, 7) is 2.01. The molecule has 0 saturated carbocycles. The number of hydrogen-bond acceptors (Lipinski definition) is 2. The fourth-order valence-corrected chi connectivity index (χ4v) is 3.03. The minimum absolute atomic E-state index is 0.347. The Hall–Kier alpha value is -2.72. The molecule has 0 atom stereocenters. The molecule has 24 heavy (non-hydrogen) atoms. The number of halogens is 2. The molecule has 0 fully saturated rings. The molecular weight excluding hydrogens is 325 g/mol. The van der Waals surface area contributed by atoms with E-state index in [4.69, 9.17) is 11.6 Å². The van der Waals surface area contributed by atoms with E-state index in [0.29, 0.717) is 16.3 Å². The normalized spacial score (nSPS) is 11.1. The van der Waals surface area contributed by atoms with Crippen molar-refractivity contribution in [3.05, 3.63) is 77.6 Å². The molecule has 3 heterocycles. The second-order valence-electron chi connectivity index (χ2n) is 5.59. The van der Waals surface area contributed by atoms with Gasteiger partial charge in [0, 0.05) is 46.5 Å². The molecule has 0 bridgehead atoms. The molecule has 5 heteroatoms. The lowest BCUT2D eigenvalue weighted by Crippen LogP contribution is -1.95. The first-order valence-corrected chi connectivity index (χ1v) is 7.85. The molecule has 1 aromatic carbocycles. The first-order valence-electron chi connectivity index (χ1n) is 7.47. The van der Waals surface area contributed by atoms with Crippen molar-refractivity contribution >= 4 is 17.2 Å². The fourth-order valence-electron chi connectivity index (χ4n) is 2.86. The summed E-state index contributed by atoms with van der Waals surface area (Å²) >= 11 is 6.05. The maximum Gasteiger partial charge on any atom is 0.136 e. The summed E-state index contributed by atoms with van der Waals surface area (Å²) in [5.41, 5.74) is 4.71. The molecule has 0 amide bonds. The number of rotatable bonds is 2. The van der Waals surface area contributed by atoms with Crippen LogP contribution < -0.4 is 0 Å². The van der Waals surface area contributed by atoms with E-state index in [1.165, 1.54) is 12.1 Å². The van der Waals surface area contributed by atoms with E-state index < -0.39 is 0 Å². The zero-order chi connectivity index (χ0) is 16.7. The molecule has 0 aliphatic rings. The summed E-state index contributed by atoms with van der Waals surface area (Å²) in [5, 5.41) is 0.477. The number of aromatic nitrogens is 3. The van der Waals surface area contributed by atoms with Crippen LogP contribution >= 0.6 is 11.6 Å². The minimum Gasteiger partial charge on any atom is -0.306 e. The Kier molecular flexibility index (Phi) is 3.54. The Bertz CT molecular complexity index is 1060. The zero-order valence-corrected chi connectivity index (χ0v) is 13.6. The van der Waals surface area contributed by atoms with Gasteiger partial charge >= 0.3 is 0 Å². The van der Waals surface area contributed by atoms with Crippen molar-refractivity contribution in [1.82, 2.24) is 14.4 Å². The van der Waals surface area contributed by atoms with Crippen LogP contribution in [0.1, 0.15) is 5.56 Å². The highest BCUT2D eigenvalue weighted by molar-refractivity contribution is 6.30. The van der Waals surface area contributed by atoms with Crippen LogP contribution in [0.25, 0.3) is 28.0 Å². The molecule has 0 aliphatic carbocycles. The van der Waals surface area contributed by atoms with Crippen molar-refractivity contribution in [2.75, 3.05) is 0 Å². The maximum absolute atomic E-state index is 14.3. The van der Waals surface area contributed by atoms with Crippen LogP contribution in [0.2, 0.25) is 5.02 Å². The first-order chi connectivity index (χ1) is 11.6. The summed E-state index contributed by atoms with van der Waals surface area (Å²) in [4.78, 5) is 8.70. The lowest BCUT2D eigenvalue weighted by molar-refractivity contribution is 0.631. The molecule has 0 radical (unpaired) electrons. The number of fused-ring (bicyclic) bond motifs is 1. The first kappa shape index (κ1) is 14.8. The number of hydrogen-bond donors (Lipinski definition) is 0. The van der Waals surface area contributed by atoms with Gasteiger partial charge in [-0.15, -0.1) is 0 Å². The Balaban J connectivity index is 1.99. The predicted molar refractivity (Wildman–Crippen MR) is 93.6 cm³/mol. The maximum atomic E-state index is 14.3. The van der Waals surface area contributed by atoms with Gasteiger partial charge in [0.1, 0.15) is 11.5 Å². The molecule has 0 N–H and O–H groups in total. The molecule has 4 rings (SSSR count). The van der Waals surface area contributed by atoms with Crippen LogP contribution in [0.3, 0.4) is 0 Å². The van der Waals surface area contributed by atoms with E-state index in [-0.39, 0.29) is 5.82 Å². The Morgan fingerprint density at radius 3 is 2.75 bits per heavy atom. The molecular formula is C19H13ClFN3. The summed E-state index contributed by atoms with van der Waals surface area (Å²) in [6.07, 6.45) is 7.28. The second kappa shape index (κ2) is 5.73. The third kappa shape index (κ3) is 2.45. The Labute approximate surface area is 143 Å². The summed E-state index contributed by atoms with van der Waals surface area (Å²) in [6, 6.07) is 10.3. The van der Waals surface area contributed by atoms with E-state index in [2.05, 4.69) is 9.97 Å². The highest BCUT2D eigenvalue weighted by Crippen LogP contribution is 2.34. The number of aryl methyl sites for hydroxylation is 1. The van der Waals surface area contributed by atoms with Crippen LogP contribution in [0.5, 0.6) is 0 Å². The Morgan fingerprint density at radius 1 is 1.00 bits per heavy atom. The highest BCUT2D eigenvalue weighted by Gasteiger charge is 2.15. The summed E-state index contributed by atoms with van der Waals surface area (Å²) < 4.78 is 16.3. The summed E-state index contributed by atoms with van der Waals surface area (Å²) in [5.74, 6) is -0.347. The topological polar surface area (TPSA) is 30.2 Å². The van der Waals surface area contributed by atoms with Crippen LogP contribution in [-0.4, -0.2) is 14.4 Å². The highest BCUT2D eigenvalue weighted by atomic mass is 35.5. The molecule has 4 aromatic rings. The average molecular weight is 338 g/mol. The molecule has 0 unspecified atom stereocenters. The largest absolute Gasteiger partial charge is 0.306 e. The van der Waals surface area contributed by atoms with E-state index in [0.717, 1.165) is 22.3 Å². The quantitative estimate of drug-likeness (QED) is 0.505. The van der Waals surface area contributed by atoms with Gasteiger partial charge in [0.25, 0.3) is 0 Å². The smallest absolute Gasteiger partial charge is 0.136 e.